The van der Waals surface area contributed by atoms with Crippen LogP contribution in [-0.4, -0.2) is 15.9 Å². The first-order chi connectivity index (χ1) is 16.4. The molecule has 6 nitrogen and oxygen atoms in total. The maximum absolute atomic E-state index is 13.7. The van der Waals surface area contributed by atoms with Gasteiger partial charge in [0.25, 0.3) is 0 Å². The van der Waals surface area contributed by atoms with Gasteiger partial charge in [0.05, 0.1) is 0 Å². The van der Waals surface area contributed by atoms with Crippen molar-refractivity contribution >= 4 is 40.7 Å². The monoisotopic (exact) mass is 453 g/mol. The lowest BCUT2D eigenvalue weighted by molar-refractivity contribution is -0.111. The Labute approximate surface area is 197 Å². The van der Waals surface area contributed by atoms with Crippen LogP contribution in [0.5, 0.6) is 0 Å². The summed E-state index contributed by atoms with van der Waals surface area (Å²) in [6.07, 6.45) is 2.75. The summed E-state index contributed by atoms with van der Waals surface area (Å²) >= 11 is 0. The molecule has 0 saturated heterocycles. The molecule has 0 aliphatic heterocycles. The van der Waals surface area contributed by atoms with E-state index in [1.54, 1.807) is 30.3 Å². The van der Waals surface area contributed by atoms with E-state index in [2.05, 4.69) is 25.9 Å². The van der Waals surface area contributed by atoms with Gasteiger partial charge in [-0.25, -0.2) is 14.4 Å². The Kier molecular flexibility index (Phi) is 6.93. The Hall–Kier alpha value is -4.52. The Morgan fingerprint density at radius 1 is 0.794 bits per heavy atom. The molecule has 4 rings (SSSR count). The zero-order chi connectivity index (χ0) is 23.9. The minimum atomic E-state index is -0.376. The van der Waals surface area contributed by atoms with Crippen LogP contribution in [0.15, 0.2) is 84.9 Å². The first kappa shape index (κ1) is 22.7. The van der Waals surface area contributed by atoms with Crippen molar-refractivity contribution in [2.75, 3.05) is 16.0 Å². The predicted molar refractivity (Wildman–Crippen MR) is 135 cm³/mol. The molecule has 0 saturated carbocycles. The van der Waals surface area contributed by atoms with Gasteiger partial charge in [-0.15, -0.1) is 0 Å². The number of nitrogens with zero attached hydrogens (tertiary/aromatic N) is 2. The third kappa shape index (κ3) is 6.26. The maximum atomic E-state index is 13.7. The molecule has 0 atom stereocenters. The van der Waals surface area contributed by atoms with E-state index in [0.29, 0.717) is 28.7 Å². The molecule has 0 aliphatic rings. The predicted octanol–water partition coefficient (Wildman–Crippen LogP) is 6.37. The van der Waals surface area contributed by atoms with Gasteiger partial charge < -0.3 is 16.0 Å². The molecule has 0 spiro atoms. The number of benzene rings is 3. The van der Waals surface area contributed by atoms with Crippen molar-refractivity contribution in [1.29, 1.82) is 0 Å². The van der Waals surface area contributed by atoms with Gasteiger partial charge in [-0.05, 0) is 62.4 Å². The van der Waals surface area contributed by atoms with Gasteiger partial charge in [-0.3, -0.25) is 4.79 Å². The summed E-state index contributed by atoms with van der Waals surface area (Å²) in [7, 11) is 0. The van der Waals surface area contributed by atoms with E-state index in [-0.39, 0.29) is 11.7 Å². The highest BCUT2D eigenvalue weighted by Crippen LogP contribution is 2.22. The standard InChI is InChI=1S/C27H24FN5O/c1-18-7-10-21(11-8-18)31-25-17-26(30-19(2)29-25)32-22-12-14-23(15-13-22)33-27(34)16-9-20-5-3-4-6-24(20)28/h3-17H,1-2H3,(H,33,34)(H2,29,30,31,32)/b16-9+. The van der Waals surface area contributed by atoms with Gasteiger partial charge in [-0.2, -0.15) is 0 Å². The van der Waals surface area contributed by atoms with E-state index in [4.69, 9.17) is 0 Å². The highest BCUT2D eigenvalue weighted by molar-refractivity contribution is 6.02. The Balaban J connectivity index is 1.38. The summed E-state index contributed by atoms with van der Waals surface area (Å²) in [6, 6.07) is 23.4. The van der Waals surface area contributed by atoms with Crippen LogP contribution in [-0.2, 0) is 4.79 Å². The van der Waals surface area contributed by atoms with Crippen LogP contribution in [0.3, 0.4) is 0 Å². The molecule has 1 aromatic heterocycles. The zero-order valence-corrected chi connectivity index (χ0v) is 18.8. The van der Waals surface area contributed by atoms with E-state index in [1.165, 1.54) is 23.8 Å². The number of halogens is 1. The van der Waals surface area contributed by atoms with Gasteiger partial charge in [0, 0.05) is 34.8 Å². The molecule has 0 fully saturated rings. The molecule has 0 unspecified atom stereocenters. The van der Waals surface area contributed by atoms with Crippen molar-refractivity contribution in [2.24, 2.45) is 0 Å². The van der Waals surface area contributed by atoms with Crippen molar-refractivity contribution in [3.63, 3.8) is 0 Å². The number of rotatable bonds is 7. The number of aromatic nitrogens is 2. The topological polar surface area (TPSA) is 78.9 Å². The fourth-order valence-corrected chi connectivity index (χ4v) is 3.22. The second-order valence-electron chi connectivity index (χ2n) is 7.72. The maximum Gasteiger partial charge on any atom is 0.248 e. The van der Waals surface area contributed by atoms with Crippen molar-refractivity contribution < 1.29 is 9.18 Å². The van der Waals surface area contributed by atoms with Crippen molar-refractivity contribution in [3.8, 4) is 0 Å². The second kappa shape index (κ2) is 10.4. The average Bonchev–Trinajstić information content (AvgIpc) is 2.81. The van der Waals surface area contributed by atoms with E-state index in [1.807, 2.05) is 56.3 Å². The number of carbonyl (C=O) groups is 1. The molecule has 170 valence electrons. The van der Waals surface area contributed by atoms with Gasteiger partial charge >= 0.3 is 0 Å². The fourth-order valence-electron chi connectivity index (χ4n) is 3.22. The highest BCUT2D eigenvalue weighted by atomic mass is 19.1. The molecule has 1 amide bonds. The molecule has 1 heterocycles. The Morgan fingerprint density at radius 3 is 1.97 bits per heavy atom. The highest BCUT2D eigenvalue weighted by Gasteiger charge is 2.05. The van der Waals surface area contributed by atoms with Crippen molar-refractivity contribution in [2.45, 2.75) is 13.8 Å². The third-order valence-electron chi connectivity index (χ3n) is 4.91. The molecular weight excluding hydrogens is 429 g/mol. The van der Waals surface area contributed by atoms with Gasteiger partial charge in [-0.1, -0.05) is 35.9 Å². The van der Waals surface area contributed by atoms with Crippen LogP contribution < -0.4 is 16.0 Å². The van der Waals surface area contributed by atoms with Gasteiger partial charge in [0.1, 0.15) is 23.3 Å². The summed E-state index contributed by atoms with van der Waals surface area (Å²) in [5.41, 5.74) is 3.91. The number of hydrogen-bond donors (Lipinski definition) is 3. The quantitative estimate of drug-likeness (QED) is 0.283. The van der Waals surface area contributed by atoms with Gasteiger partial charge in [0.2, 0.25) is 5.91 Å². The minimum Gasteiger partial charge on any atom is -0.340 e. The summed E-state index contributed by atoms with van der Waals surface area (Å²) in [6.45, 7) is 3.87. The van der Waals surface area contributed by atoms with Crippen LogP contribution >= 0.6 is 0 Å². The van der Waals surface area contributed by atoms with Crippen LogP contribution in [0.2, 0.25) is 0 Å². The lowest BCUT2D eigenvalue weighted by Crippen LogP contribution is -2.07. The van der Waals surface area contributed by atoms with Crippen LogP contribution in [0.4, 0.5) is 33.1 Å². The first-order valence-electron chi connectivity index (χ1n) is 10.7. The number of nitrogens with one attached hydrogen (secondary N) is 3. The van der Waals surface area contributed by atoms with Crippen molar-refractivity contribution in [1.82, 2.24) is 9.97 Å². The minimum absolute atomic E-state index is 0.345. The SMILES string of the molecule is Cc1ccc(Nc2cc(Nc3ccc(NC(=O)/C=C/c4ccccc4F)cc3)nc(C)n2)cc1. The lowest BCUT2D eigenvalue weighted by atomic mass is 10.2. The number of aryl methyl sites for hydroxylation is 2. The normalized spacial score (nSPS) is 10.8. The molecule has 0 aliphatic carbocycles. The molecule has 34 heavy (non-hydrogen) atoms. The lowest BCUT2D eigenvalue weighted by Gasteiger charge is -2.11. The third-order valence-corrected chi connectivity index (χ3v) is 4.91. The number of hydrogen-bond acceptors (Lipinski definition) is 5. The average molecular weight is 454 g/mol. The van der Waals surface area contributed by atoms with Crippen LogP contribution in [0, 0.1) is 19.7 Å². The summed E-state index contributed by atoms with van der Waals surface area (Å²) in [4.78, 5) is 21.0. The molecular formula is C27H24FN5O. The number of anilines is 5. The van der Waals surface area contributed by atoms with E-state index in [0.717, 1.165) is 11.4 Å². The van der Waals surface area contributed by atoms with Gasteiger partial charge in [0.15, 0.2) is 0 Å². The second-order valence-corrected chi connectivity index (χ2v) is 7.72. The molecule has 3 N–H and O–H groups in total. The summed E-state index contributed by atoms with van der Waals surface area (Å²) in [5, 5.41) is 9.30. The van der Waals surface area contributed by atoms with E-state index < -0.39 is 0 Å². The molecule has 0 bridgehead atoms. The van der Waals surface area contributed by atoms with E-state index in [9.17, 15) is 9.18 Å². The Morgan fingerprint density at radius 2 is 1.35 bits per heavy atom. The largest absolute Gasteiger partial charge is 0.340 e. The molecule has 7 heteroatoms. The zero-order valence-electron chi connectivity index (χ0n) is 18.8. The summed E-state index contributed by atoms with van der Waals surface area (Å²) in [5.74, 6) is 1.24. The summed E-state index contributed by atoms with van der Waals surface area (Å²) < 4.78 is 13.7. The first-order valence-corrected chi connectivity index (χ1v) is 10.7. The molecule has 3 aromatic carbocycles. The van der Waals surface area contributed by atoms with E-state index >= 15 is 0 Å². The molecule has 0 radical (unpaired) electrons. The van der Waals surface area contributed by atoms with Crippen LogP contribution in [0.1, 0.15) is 17.0 Å². The number of carbonyl (C=O) groups excluding carboxylic acids is 1. The van der Waals surface area contributed by atoms with Crippen molar-refractivity contribution in [3.05, 3.63) is 108 Å². The smallest absolute Gasteiger partial charge is 0.248 e. The fraction of sp³-hybridized carbons (Fsp3) is 0.0741. The Bertz CT molecular complexity index is 1320. The molecule has 4 aromatic rings. The van der Waals surface area contributed by atoms with Crippen LogP contribution in [0.25, 0.3) is 6.08 Å². The number of amides is 1.